The van der Waals surface area contributed by atoms with Crippen LogP contribution >= 0.6 is 23.2 Å². The maximum atomic E-state index is 11.7. The van der Waals surface area contributed by atoms with E-state index in [1.807, 2.05) is 25.1 Å². The topological polar surface area (TPSA) is 61.4 Å². The van der Waals surface area contributed by atoms with Crippen molar-refractivity contribution in [2.24, 2.45) is 0 Å². The Labute approximate surface area is 147 Å². The van der Waals surface area contributed by atoms with E-state index in [-0.39, 0.29) is 18.2 Å². The van der Waals surface area contributed by atoms with Crippen molar-refractivity contribution >= 4 is 35.0 Å². The molecule has 0 bridgehead atoms. The summed E-state index contributed by atoms with van der Waals surface area (Å²) in [5.74, 6) is -0.550. The van der Waals surface area contributed by atoms with E-state index in [2.05, 4.69) is 10.6 Å². The minimum absolute atomic E-state index is 0.156. The number of carbonyl (C=O) groups excluding carboxylic acids is 2. The summed E-state index contributed by atoms with van der Waals surface area (Å²) in [5, 5.41) is 6.60. The van der Waals surface area contributed by atoms with Crippen molar-refractivity contribution in [2.45, 2.75) is 19.3 Å². The number of carbonyl (C=O) groups is 2. The summed E-state index contributed by atoms with van der Waals surface area (Å²) in [5.41, 5.74) is 0.907. The lowest BCUT2D eigenvalue weighted by molar-refractivity contribution is -0.129. The first kappa shape index (κ1) is 19.7. The quantitative estimate of drug-likeness (QED) is 0.524. The average Bonchev–Trinajstić information content (AvgIpc) is 2.45. The van der Waals surface area contributed by atoms with E-state index in [4.69, 9.17) is 23.2 Å². The largest absolute Gasteiger partial charge is 0.356 e. The van der Waals surface area contributed by atoms with Gasteiger partial charge in [0.15, 0.2) is 0 Å². The molecule has 0 unspecified atom stereocenters. The van der Waals surface area contributed by atoms with Gasteiger partial charge in [-0.3, -0.25) is 9.59 Å². The monoisotopic (exact) mass is 359 g/mol. The maximum absolute atomic E-state index is 11.7. The molecule has 0 radical (unpaired) electrons. The van der Waals surface area contributed by atoms with Gasteiger partial charge in [-0.15, -0.1) is 0 Å². The summed E-state index contributed by atoms with van der Waals surface area (Å²) in [4.78, 5) is 25.3. The van der Waals surface area contributed by atoms with Crippen LogP contribution in [0.15, 0.2) is 18.2 Å². The maximum Gasteiger partial charge on any atom is 0.229 e. The molecular weight excluding hydrogens is 337 g/mol. The van der Waals surface area contributed by atoms with Gasteiger partial charge in [0.1, 0.15) is 6.42 Å². The summed E-state index contributed by atoms with van der Waals surface area (Å²) in [7, 11) is 3.95. The van der Waals surface area contributed by atoms with E-state index in [1.165, 1.54) is 0 Å². The van der Waals surface area contributed by atoms with Crippen molar-refractivity contribution in [3.63, 3.8) is 0 Å². The molecule has 0 saturated carbocycles. The van der Waals surface area contributed by atoms with E-state index in [0.29, 0.717) is 29.6 Å². The van der Waals surface area contributed by atoms with E-state index >= 15 is 0 Å². The van der Waals surface area contributed by atoms with Crippen LogP contribution in [0.2, 0.25) is 10.0 Å². The number of halogens is 2. The SMILES string of the molecule is CN(C)CCCNC(=O)CC(=O)NCCc1ccc(Cl)cc1Cl. The number of rotatable bonds is 9. The molecule has 2 amide bonds. The Bertz CT molecular complexity index is 536. The third-order valence-electron chi connectivity index (χ3n) is 3.16. The Hall–Kier alpha value is -1.30. The van der Waals surface area contributed by atoms with Crippen LogP contribution in [0, 0.1) is 0 Å². The molecule has 0 aliphatic carbocycles. The molecule has 23 heavy (non-hydrogen) atoms. The molecular formula is C16H23Cl2N3O2. The average molecular weight is 360 g/mol. The molecule has 0 fully saturated rings. The third kappa shape index (κ3) is 8.79. The first-order valence-corrected chi connectivity index (χ1v) is 8.26. The van der Waals surface area contributed by atoms with E-state index in [0.717, 1.165) is 18.5 Å². The highest BCUT2D eigenvalue weighted by Crippen LogP contribution is 2.20. The number of hydrogen-bond acceptors (Lipinski definition) is 3. The molecule has 0 saturated heterocycles. The second-order valence-electron chi connectivity index (χ2n) is 5.52. The predicted molar refractivity (Wildman–Crippen MR) is 94.0 cm³/mol. The van der Waals surface area contributed by atoms with Gasteiger partial charge >= 0.3 is 0 Å². The zero-order valence-corrected chi connectivity index (χ0v) is 15.0. The lowest BCUT2D eigenvalue weighted by Gasteiger charge is -2.10. The molecule has 0 aliphatic rings. The normalized spacial score (nSPS) is 10.7. The van der Waals surface area contributed by atoms with Crippen LogP contribution in [-0.4, -0.2) is 50.4 Å². The number of nitrogens with zero attached hydrogens (tertiary/aromatic N) is 1. The van der Waals surface area contributed by atoms with Crippen LogP contribution in [0.25, 0.3) is 0 Å². The standard InChI is InChI=1S/C16H23Cl2N3O2/c1-21(2)9-3-7-19-15(22)11-16(23)20-8-6-12-4-5-13(17)10-14(12)18/h4-5,10H,3,6-9,11H2,1-2H3,(H,19,22)(H,20,23). The lowest BCUT2D eigenvalue weighted by Crippen LogP contribution is -2.34. The molecule has 2 N–H and O–H groups in total. The molecule has 1 rings (SSSR count). The van der Waals surface area contributed by atoms with Crippen LogP contribution in [0.4, 0.5) is 0 Å². The van der Waals surface area contributed by atoms with Gasteiger partial charge in [-0.2, -0.15) is 0 Å². The second kappa shape index (κ2) is 10.5. The summed E-state index contributed by atoms with van der Waals surface area (Å²) in [6, 6.07) is 5.25. The van der Waals surface area contributed by atoms with Gasteiger partial charge in [-0.1, -0.05) is 29.3 Å². The fraction of sp³-hybridized carbons (Fsp3) is 0.500. The highest BCUT2D eigenvalue weighted by molar-refractivity contribution is 6.35. The first-order chi connectivity index (χ1) is 10.9. The van der Waals surface area contributed by atoms with Gasteiger partial charge in [-0.25, -0.2) is 0 Å². The molecule has 128 valence electrons. The Morgan fingerprint density at radius 3 is 2.35 bits per heavy atom. The molecule has 7 heteroatoms. The van der Waals surface area contributed by atoms with Gasteiger partial charge in [0, 0.05) is 23.1 Å². The first-order valence-electron chi connectivity index (χ1n) is 7.50. The van der Waals surface area contributed by atoms with E-state index in [1.54, 1.807) is 12.1 Å². The molecule has 1 aromatic carbocycles. The van der Waals surface area contributed by atoms with Crippen LogP contribution in [0.1, 0.15) is 18.4 Å². The summed E-state index contributed by atoms with van der Waals surface area (Å²) >= 11 is 11.9. The van der Waals surface area contributed by atoms with Crippen molar-refractivity contribution < 1.29 is 9.59 Å². The van der Waals surface area contributed by atoms with Crippen molar-refractivity contribution in [3.05, 3.63) is 33.8 Å². The Morgan fingerprint density at radius 1 is 1.09 bits per heavy atom. The Morgan fingerprint density at radius 2 is 1.74 bits per heavy atom. The molecule has 0 aliphatic heterocycles. The number of hydrogen-bond donors (Lipinski definition) is 2. The fourth-order valence-electron chi connectivity index (χ4n) is 1.95. The van der Waals surface area contributed by atoms with Crippen LogP contribution in [0.3, 0.4) is 0 Å². The van der Waals surface area contributed by atoms with Gasteiger partial charge in [0.25, 0.3) is 0 Å². The number of benzene rings is 1. The predicted octanol–water partition coefficient (Wildman–Crippen LogP) is 2.11. The molecule has 5 nitrogen and oxygen atoms in total. The number of nitrogens with one attached hydrogen (secondary N) is 2. The van der Waals surface area contributed by atoms with Gasteiger partial charge in [0.05, 0.1) is 0 Å². The lowest BCUT2D eigenvalue weighted by atomic mass is 10.1. The summed E-state index contributed by atoms with van der Waals surface area (Å²) < 4.78 is 0. The Kier molecular flexibility index (Phi) is 8.99. The minimum atomic E-state index is -0.291. The van der Waals surface area contributed by atoms with Crippen molar-refractivity contribution in [1.82, 2.24) is 15.5 Å². The van der Waals surface area contributed by atoms with Crippen molar-refractivity contribution in [3.8, 4) is 0 Å². The highest BCUT2D eigenvalue weighted by atomic mass is 35.5. The molecule has 0 heterocycles. The molecule has 0 aromatic heterocycles. The fourth-order valence-corrected chi connectivity index (χ4v) is 2.46. The molecule has 0 atom stereocenters. The van der Waals surface area contributed by atoms with Crippen LogP contribution in [-0.2, 0) is 16.0 Å². The van der Waals surface area contributed by atoms with Gasteiger partial charge in [0.2, 0.25) is 11.8 Å². The van der Waals surface area contributed by atoms with E-state index < -0.39 is 0 Å². The zero-order chi connectivity index (χ0) is 17.2. The van der Waals surface area contributed by atoms with Gasteiger partial charge < -0.3 is 15.5 Å². The third-order valence-corrected chi connectivity index (χ3v) is 3.74. The van der Waals surface area contributed by atoms with Crippen LogP contribution < -0.4 is 10.6 Å². The highest BCUT2D eigenvalue weighted by Gasteiger charge is 2.09. The Balaban J connectivity index is 2.20. The van der Waals surface area contributed by atoms with E-state index in [9.17, 15) is 9.59 Å². The zero-order valence-electron chi connectivity index (χ0n) is 13.5. The van der Waals surface area contributed by atoms with Crippen molar-refractivity contribution in [2.75, 3.05) is 33.7 Å². The van der Waals surface area contributed by atoms with Gasteiger partial charge in [-0.05, 0) is 51.2 Å². The van der Waals surface area contributed by atoms with Crippen molar-refractivity contribution in [1.29, 1.82) is 0 Å². The summed E-state index contributed by atoms with van der Waals surface area (Å²) in [6.45, 7) is 1.90. The summed E-state index contributed by atoms with van der Waals surface area (Å²) in [6.07, 6.45) is 1.29. The second-order valence-corrected chi connectivity index (χ2v) is 6.36. The minimum Gasteiger partial charge on any atom is -0.356 e. The smallest absolute Gasteiger partial charge is 0.229 e. The van der Waals surface area contributed by atoms with Crippen LogP contribution in [0.5, 0.6) is 0 Å². The number of amides is 2. The molecule has 1 aromatic rings. The molecule has 0 spiro atoms.